The van der Waals surface area contributed by atoms with Crippen molar-refractivity contribution >= 4 is 11.9 Å². The quantitative estimate of drug-likeness (QED) is 0.333. The molecule has 0 spiro atoms. The van der Waals surface area contributed by atoms with Gasteiger partial charge in [-0.25, -0.2) is 4.79 Å². The van der Waals surface area contributed by atoms with Crippen LogP contribution in [0.25, 0.3) is 0 Å². The van der Waals surface area contributed by atoms with Gasteiger partial charge in [0.05, 0.1) is 26.2 Å². The highest BCUT2D eigenvalue weighted by Gasteiger charge is 2.22. The lowest BCUT2D eigenvalue weighted by molar-refractivity contribution is -0.148. The Kier molecular flexibility index (Phi) is 9.55. The summed E-state index contributed by atoms with van der Waals surface area (Å²) in [5.41, 5.74) is 0.139. The first kappa shape index (κ1) is 18.7. The van der Waals surface area contributed by atoms with E-state index >= 15 is 0 Å². The number of hydrogen-bond donors (Lipinski definition) is 0. The second-order valence-electron chi connectivity index (χ2n) is 5.66. The van der Waals surface area contributed by atoms with Gasteiger partial charge in [0.1, 0.15) is 6.10 Å². The Hall–Kier alpha value is -1.36. The van der Waals surface area contributed by atoms with Gasteiger partial charge in [-0.2, -0.15) is 0 Å². The first-order chi connectivity index (χ1) is 10.6. The molecule has 0 aromatic rings. The Morgan fingerprint density at radius 2 is 1.91 bits per heavy atom. The fourth-order valence-electron chi connectivity index (χ4n) is 2.21. The zero-order chi connectivity index (χ0) is 16.2. The van der Waals surface area contributed by atoms with Gasteiger partial charge in [-0.3, -0.25) is 4.79 Å². The maximum Gasteiger partial charge on any atom is 0.334 e. The summed E-state index contributed by atoms with van der Waals surface area (Å²) in [4.78, 5) is 23.3. The van der Waals surface area contributed by atoms with Crippen LogP contribution >= 0.6 is 0 Å². The average Bonchev–Trinajstić information content (AvgIpc) is 2.99. The number of rotatable bonds is 11. The SMILES string of the molecule is C=C(CC(=O)OCCCCCCCC)C(=O)O[C@@H]1CCOC1. The van der Waals surface area contributed by atoms with E-state index in [9.17, 15) is 9.59 Å². The third-order valence-corrected chi connectivity index (χ3v) is 3.57. The smallest absolute Gasteiger partial charge is 0.334 e. The molecule has 0 radical (unpaired) electrons. The van der Waals surface area contributed by atoms with E-state index < -0.39 is 11.9 Å². The molecular weight excluding hydrogens is 284 g/mol. The van der Waals surface area contributed by atoms with Crippen molar-refractivity contribution < 1.29 is 23.8 Å². The van der Waals surface area contributed by atoms with E-state index in [1.807, 2.05) is 0 Å². The molecular formula is C17H28O5. The molecule has 0 unspecified atom stereocenters. The van der Waals surface area contributed by atoms with Crippen LogP contribution in [-0.4, -0.2) is 37.9 Å². The first-order valence-electron chi connectivity index (χ1n) is 8.25. The van der Waals surface area contributed by atoms with Gasteiger partial charge in [-0.05, 0) is 6.42 Å². The van der Waals surface area contributed by atoms with Crippen LogP contribution in [0.2, 0.25) is 0 Å². The number of esters is 2. The van der Waals surface area contributed by atoms with Crippen LogP contribution in [0, 0.1) is 0 Å². The van der Waals surface area contributed by atoms with E-state index in [-0.39, 0.29) is 18.1 Å². The van der Waals surface area contributed by atoms with Crippen molar-refractivity contribution in [3.8, 4) is 0 Å². The van der Waals surface area contributed by atoms with Crippen LogP contribution in [0.4, 0.5) is 0 Å². The molecule has 5 nitrogen and oxygen atoms in total. The molecule has 1 aliphatic heterocycles. The largest absolute Gasteiger partial charge is 0.465 e. The molecule has 0 bridgehead atoms. The van der Waals surface area contributed by atoms with Crippen molar-refractivity contribution in [1.29, 1.82) is 0 Å². The zero-order valence-corrected chi connectivity index (χ0v) is 13.6. The van der Waals surface area contributed by atoms with Gasteiger partial charge in [-0.1, -0.05) is 45.6 Å². The van der Waals surface area contributed by atoms with Crippen molar-refractivity contribution in [1.82, 2.24) is 0 Å². The molecule has 1 fully saturated rings. The van der Waals surface area contributed by atoms with Gasteiger partial charge in [0.2, 0.25) is 0 Å². The Morgan fingerprint density at radius 1 is 1.18 bits per heavy atom. The molecule has 1 rings (SSSR count). The summed E-state index contributed by atoms with van der Waals surface area (Å²) in [5.74, 6) is -0.954. The molecule has 5 heteroatoms. The van der Waals surface area contributed by atoms with E-state index in [4.69, 9.17) is 14.2 Å². The highest BCUT2D eigenvalue weighted by Crippen LogP contribution is 2.12. The number of carbonyl (C=O) groups is 2. The third-order valence-electron chi connectivity index (χ3n) is 3.57. The maximum absolute atomic E-state index is 11.7. The second-order valence-corrected chi connectivity index (χ2v) is 5.66. The molecule has 22 heavy (non-hydrogen) atoms. The lowest BCUT2D eigenvalue weighted by Gasteiger charge is -2.11. The predicted molar refractivity (Wildman–Crippen MR) is 83.4 cm³/mol. The maximum atomic E-state index is 11.7. The summed E-state index contributed by atoms with van der Waals surface area (Å²) in [6.07, 6.45) is 7.19. The van der Waals surface area contributed by atoms with Gasteiger partial charge >= 0.3 is 11.9 Å². The Bertz CT molecular complexity index is 358. The van der Waals surface area contributed by atoms with Gasteiger partial charge in [0.15, 0.2) is 0 Å². The number of unbranched alkanes of at least 4 members (excludes halogenated alkanes) is 5. The highest BCUT2D eigenvalue weighted by molar-refractivity contribution is 5.93. The van der Waals surface area contributed by atoms with Crippen molar-refractivity contribution in [3.05, 3.63) is 12.2 Å². The highest BCUT2D eigenvalue weighted by atomic mass is 16.6. The molecule has 1 heterocycles. The third kappa shape index (κ3) is 8.17. The predicted octanol–water partition coefficient (Wildman–Crippen LogP) is 3.17. The summed E-state index contributed by atoms with van der Waals surface area (Å²) in [6.45, 7) is 7.21. The Labute approximate surface area is 133 Å². The fourth-order valence-corrected chi connectivity index (χ4v) is 2.21. The Balaban J connectivity index is 2.05. The molecule has 1 atom stereocenters. The van der Waals surface area contributed by atoms with Crippen LogP contribution in [0.5, 0.6) is 0 Å². The van der Waals surface area contributed by atoms with Crippen molar-refractivity contribution in [2.45, 2.75) is 64.4 Å². The van der Waals surface area contributed by atoms with Crippen molar-refractivity contribution in [2.75, 3.05) is 19.8 Å². The molecule has 0 amide bonds. The Morgan fingerprint density at radius 3 is 2.59 bits per heavy atom. The summed E-state index contributed by atoms with van der Waals surface area (Å²) < 4.78 is 15.4. The monoisotopic (exact) mass is 312 g/mol. The van der Waals surface area contributed by atoms with E-state index in [2.05, 4.69) is 13.5 Å². The first-order valence-corrected chi connectivity index (χ1v) is 8.25. The van der Waals surface area contributed by atoms with Gasteiger partial charge in [0, 0.05) is 12.0 Å². The van der Waals surface area contributed by atoms with Crippen LogP contribution in [0.3, 0.4) is 0 Å². The standard InChI is InChI=1S/C17H28O5/c1-3-4-5-6-7-8-10-21-16(18)12-14(2)17(19)22-15-9-11-20-13-15/h15H,2-13H2,1H3/t15-/m1/s1. The number of hydrogen-bond acceptors (Lipinski definition) is 5. The minimum absolute atomic E-state index is 0.109. The second kappa shape index (κ2) is 11.2. The van der Waals surface area contributed by atoms with Crippen molar-refractivity contribution in [2.24, 2.45) is 0 Å². The summed E-state index contributed by atoms with van der Waals surface area (Å²) >= 11 is 0. The topological polar surface area (TPSA) is 61.8 Å². The molecule has 0 saturated carbocycles. The summed E-state index contributed by atoms with van der Waals surface area (Å²) in [7, 11) is 0. The number of carbonyl (C=O) groups excluding carboxylic acids is 2. The van der Waals surface area contributed by atoms with Crippen molar-refractivity contribution in [3.63, 3.8) is 0 Å². The average molecular weight is 312 g/mol. The molecule has 1 saturated heterocycles. The summed E-state index contributed by atoms with van der Waals surface area (Å²) in [6, 6.07) is 0. The number of ether oxygens (including phenoxy) is 3. The lowest BCUT2D eigenvalue weighted by atomic mass is 10.1. The molecule has 0 N–H and O–H groups in total. The van der Waals surface area contributed by atoms with Crippen LogP contribution in [0.1, 0.15) is 58.3 Å². The molecule has 1 aliphatic rings. The molecule has 126 valence electrons. The van der Waals surface area contributed by atoms with Gasteiger partial charge in [-0.15, -0.1) is 0 Å². The molecule has 0 aliphatic carbocycles. The zero-order valence-electron chi connectivity index (χ0n) is 13.6. The van der Waals surface area contributed by atoms with Crippen LogP contribution < -0.4 is 0 Å². The molecule has 0 aromatic heterocycles. The van der Waals surface area contributed by atoms with E-state index in [1.54, 1.807) is 0 Å². The minimum atomic E-state index is -0.535. The van der Waals surface area contributed by atoms with Gasteiger partial charge < -0.3 is 14.2 Å². The lowest BCUT2D eigenvalue weighted by Crippen LogP contribution is -2.20. The van der Waals surface area contributed by atoms with E-state index in [0.29, 0.717) is 26.2 Å². The van der Waals surface area contributed by atoms with E-state index in [0.717, 1.165) is 12.8 Å². The minimum Gasteiger partial charge on any atom is -0.465 e. The summed E-state index contributed by atoms with van der Waals surface area (Å²) in [5, 5.41) is 0. The molecule has 0 aromatic carbocycles. The van der Waals surface area contributed by atoms with Gasteiger partial charge in [0.25, 0.3) is 0 Å². The fraction of sp³-hybridized carbons (Fsp3) is 0.765. The normalized spacial score (nSPS) is 17.2. The van der Waals surface area contributed by atoms with Crippen LogP contribution in [0.15, 0.2) is 12.2 Å². The van der Waals surface area contributed by atoms with Crippen LogP contribution in [-0.2, 0) is 23.8 Å². The van der Waals surface area contributed by atoms with E-state index in [1.165, 1.54) is 25.7 Å².